The van der Waals surface area contributed by atoms with Gasteiger partial charge < -0.3 is 9.57 Å². The van der Waals surface area contributed by atoms with Gasteiger partial charge in [-0.1, -0.05) is 69.3 Å². The number of carbonyl (C=O) groups excluding carboxylic acids is 3. The third-order valence-corrected chi connectivity index (χ3v) is 3.11. The lowest BCUT2D eigenvalue weighted by Crippen LogP contribution is -2.31. The molecular formula is C19H23NO5. The van der Waals surface area contributed by atoms with Gasteiger partial charge in [0, 0.05) is 11.8 Å². The van der Waals surface area contributed by atoms with Crippen molar-refractivity contribution in [1.29, 1.82) is 0 Å². The standard InChI is InChI=1S/C19H23NO5/c1-13(2)16(18(22)25-19(23)17(21)14(3)4)20-24-12-8-11-15-9-6-5-7-10-15/h5-11,13-14H,12H2,1-4H3/b11-8+,20-16?. The number of hydrogen-bond acceptors (Lipinski definition) is 6. The third-order valence-electron chi connectivity index (χ3n) is 3.11. The maximum absolute atomic E-state index is 12.0. The Morgan fingerprint density at radius 3 is 2.20 bits per heavy atom. The molecule has 0 saturated heterocycles. The van der Waals surface area contributed by atoms with Crippen molar-refractivity contribution in [2.75, 3.05) is 6.61 Å². The molecule has 0 aromatic heterocycles. The van der Waals surface area contributed by atoms with Crippen molar-refractivity contribution in [3.8, 4) is 0 Å². The number of carbonyl (C=O) groups is 3. The number of nitrogens with zero attached hydrogens (tertiary/aromatic N) is 1. The Labute approximate surface area is 147 Å². The van der Waals surface area contributed by atoms with Crippen LogP contribution in [0.4, 0.5) is 0 Å². The van der Waals surface area contributed by atoms with Crippen molar-refractivity contribution in [2.45, 2.75) is 27.7 Å². The predicted molar refractivity (Wildman–Crippen MR) is 94.6 cm³/mol. The van der Waals surface area contributed by atoms with Crippen molar-refractivity contribution in [3.63, 3.8) is 0 Å². The summed E-state index contributed by atoms with van der Waals surface area (Å²) in [6.45, 7) is 6.66. The predicted octanol–water partition coefficient (Wildman–Crippen LogP) is 3.02. The van der Waals surface area contributed by atoms with Crippen LogP contribution in [0.1, 0.15) is 33.3 Å². The second-order valence-electron chi connectivity index (χ2n) is 5.94. The van der Waals surface area contributed by atoms with Crippen molar-refractivity contribution in [2.24, 2.45) is 17.0 Å². The van der Waals surface area contributed by atoms with E-state index in [4.69, 9.17) is 4.84 Å². The first-order chi connectivity index (χ1) is 11.8. The van der Waals surface area contributed by atoms with Gasteiger partial charge >= 0.3 is 11.9 Å². The molecule has 0 aliphatic heterocycles. The molecule has 6 nitrogen and oxygen atoms in total. The Morgan fingerprint density at radius 1 is 1.00 bits per heavy atom. The third kappa shape index (κ3) is 7.12. The monoisotopic (exact) mass is 345 g/mol. The molecule has 0 aliphatic carbocycles. The molecule has 1 rings (SSSR count). The van der Waals surface area contributed by atoms with E-state index in [0.29, 0.717) is 0 Å². The summed E-state index contributed by atoms with van der Waals surface area (Å²) < 4.78 is 4.57. The van der Waals surface area contributed by atoms with Gasteiger partial charge in [0.2, 0.25) is 5.78 Å². The van der Waals surface area contributed by atoms with Gasteiger partial charge in [-0.2, -0.15) is 0 Å². The van der Waals surface area contributed by atoms with Crippen LogP contribution in [0.15, 0.2) is 41.6 Å². The van der Waals surface area contributed by atoms with Gasteiger partial charge in [0.1, 0.15) is 6.61 Å². The van der Waals surface area contributed by atoms with Gasteiger partial charge in [0.25, 0.3) is 0 Å². The van der Waals surface area contributed by atoms with E-state index in [9.17, 15) is 14.4 Å². The second-order valence-corrected chi connectivity index (χ2v) is 5.94. The highest BCUT2D eigenvalue weighted by atomic mass is 16.6. The van der Waals surface area contributed by atoms with Crippen molar-refractivity contribution in [1.82, 2.24) is 0 Å². The lowest BCUT2D eigenvalue weighted by molar-refractivity contribution is -0.161. The van der Waals surface area contributed by atoms with Crippen molar-refractivity contribution in [3.05, 3.63) is 42.0 Å². The Balaban J connectivity index is 2.61. The van der Waals surface area contributed by atoms with Gasteiger partial charge in [0.15, 0.2) is 5.71 Å². The van der Waals surface area contributed by atoms with E-state index in [0.717, 1.165) is 5.56 Å². The fraction of sp³-hybridized carbons (Fsp3) is 0.368. The van der Waals surface area contributed by atoms with Crippen LogP contribution >= 0.6 is 0 Å². The van der Waals surface area contributed by atoms with E-state index in [1.807, 2.05) is 36.4 Å². The highest BCUT2D eigenvalue weighted by Crippen LogP contribution is 2.04. The molecule has 0 atom stereocenters. The zero-order chi connectivity index (χ0) is 18.8. The largest absolute Gasteiger partial charge is 0.391 e. The van der Waals surface area contributed by atoms with Crippen LogP contribution in [0.2, 0.25) is 0 Å². The molecule has 1 aromatic carbocycles. The van der Waals surface area contributed by atoms with Crippen LogP contribution in [0.25, 0.3) is 6.08 Å². The lowest BCUT2D eigenvalue weighted by atomic mass is 10.1. The number of oxime groups is 1. The Bertz CT molecular complexity index is 660. The summed E-state index contributed by atoms with van der Waals surface area (Å²) in [6, 6.07) is 9.63. The number of rotatable bonds is 8. The summed E-state index contributed by atoms with van der Waals surface area (Å²) in [5.74, 6) is -3.78. The van der Waals surface area contributed by atoms with Gasteiger partial charge in [-0.25, -0.2) is 9.59 Å². The van der Waals surface area contributed by atoms with E-state index in [-0.39, 0.29) is 18.2 Å². The molecular weight excluding hydrogens is 322 g/mol. The van der Waals surface area contributed by atoms with Crippen LogP contribution in [0, 0.1) is 11.8 Å². The molecule has 0 saturated carbocycles. The summed E-state index contributed by atoms with van der Waals surface area (Å²) in [6.07, 6.45) is 3.60. The minimum Gasteiger partial charge on any atom is -0.391 e. The van der Waals surface area contributed by atoms with E-state index < -0.39 is 23.6 Å². The van der Waals surface area contributed by atoms with Gasteiger partial charge in [-0.3, -0.25) is 4.79 Å². The Morgan fingerprint density at radius 2 is 1.64 bits per heavy atom. The number of ether oxygens (including phenoxy) is 1. The van der Waals surface area contributed by atoms with Crippen molar-refractivity contribution < 1.29 is 24.0 Å². The Hall–Kier alpha value is -2.76. The fourth-order valence-corrected chi connectivity index (χ4v) is 1.70. The minimum atomic E-state index is -1.18. The molecule has 0 fully saturated rings. The zero-order valence-corrected chi connectivity index (χ0v) is 14.9. The van der Waals surface area contributed by atoms with Crippen LogP contribution in [-0.4, -0.2) is 30.0 Å². The van der Waals surface area contributed by atoms with Crippen LogP contribution in [0.5, 0.6) is 0 Å². The normalized spacial score (nSPS) is 11.8. The average molecular weight is 345 g/mol. The van der Waals surface area contributed by atoms with Gasteiger partial charge in [-0.05, 0) is 11.6 Å². The molecule has 0 amide bonds. The first kappa shape index (κ1) is 20.3. The summed E-state index contributed by atoms with van der Waals surface area (Å²) in [4.78, 5) is 40.1. The minimum absolute atomic E-state index is 0.0574. The molecule has 25 heavy (non-hydrogen) atoms. The van der Waals surface area contributed by atoms with Gasteiger partial charge in [0.05, 0.1) is 0 Å². The summed E-state index contributed by atoms with van der Waals surface area (Å²) in [7, 11) is 0. The number of ketones is 1. The maximum atomic E-state index is 12.0. The number of esters is 2. The maximum Gasteiger partial charge on any atom is 0.382 e. The number of Topliss-reactive ketones (excluding diaryl/α,β-unsaturated/α-hetero) is 1. The van der Waals surface area contributed by atoms with E-state index in [1.54, 1.807) is 33.8 Å². The summed E-state index contributed by atoms with van der Waals surface area (Å²) in [5.41, 5.74) is 0.953. The second kappa shape index (κ2) is 10.2. The quantitative estimate of drug-likeness (QED) is 0.181. The molecule has 0 N–H and O–H groups in total. The topological polar surface area (TPSA) is 82.0 Å². The highest BCUT2D eigenvalue weighted by molar-refractivity contribution is 6.44. The molecule has 134 valence electrons. The molecule has 0 heterocycles. The SMILES string of the molecule is CC(C)C(=O)C(=O)OC(=O)C(=NOC/C=C/c1ccccc1)C(C)C. The van der Waals surface area contributed by atoms with Crippen LogP contribution in [-0.2, 0) is 24.0 Å². The number of benzene rings is 1. The summed E-state index contributed by atoms with van der Waals surface area (Å²) >= 11 is 0. The fourth-order valence-electron chi connectivity index (χ4n) is 1.70. The zero-order valence-electron chi connectivity index (χ0n) is 14.9. The smallest absolute Gasteiger partial charge is 0.382 e. The Kier molecular flexibility index (Phi) is 8.26. The summed E-state index contributed by atoms with van der Waals surface area (Å²) in [5, 5.41) is 3.74. The molecule has 1 aromatic rings. The van der Waals surface area contributed by atoms with Crippen LogP contribution in [0.3, 0.4) is 0 Å². The molecule has 0 bridgehead atoms. The first-order valence-electron chi connectivity index (χ1n) is 8.04. The van der Waals surface area contributed by atoms with E-state index in [2.05, 4.69) is 9.89 Å². The van der Waals surface area contributed by atoms with E-state index >= 15 is 0 Å². The first-order valence-corrected chi connectivity index (χ1v) is 8.04. The molecule has 6 heteroatoms. The average Bonchev–Trinajstić information content (AvgIpc) is 2.57. The van der Waals surface area contributed by atoms with Crippen LogP contribution < -0.4 is 0 Å². The van der Waals surface area contributed by atoms with E-state index in [1.165, 1.54) is 0 Å². The van der Waals surface area contributed by atoms with Crippen molar-refractivity contribution >= 4 is 29.5 Å². The number of hydrogen-bond donors (Lipinski definition) is 0. The molecule has 0 radical (unpaired) electrons. The molecule has 0 aliphatic rings. The molecule has 0 unspecified atom stereocenters. The molecule has 0 spiro atoms. The highest BCUT2D eigenvalue weighted by Gasteiger charge is 2.26. The lowest BCUT2D eigenvalue weighted by Gasteiger charge is -2.08. The van der Waals surface area contributed by atoms with Gasteiger partial charge in [-0.15, -0.1) is 0 Å².